The second kappa shape index (κ2) is 10.8. The van der Waals surface area contributed by atoms with E-state index in [9.17, 15) is 21.6 Å². The molecule has 0 aromatic heterocycles. The number of nitrogens with zero attached hydrogens (tertiary/aromatic N) is 1. The van der Waals surface area contributed by atoms with E-state index in [0.717, 1.165) is 10.6 Å². The van der Waals surface area contributed by atoms with Crippen molar-refractivity contribution in [3.8, 4) is 11.5 Å². The van der Waals surface area contributed by atoms with E-state index in [1.807, 2.05) is 0 Å². The first-order valence-electron chi connectivity index (χ1n) is 10.1. The third-order valence-corrected chi connectivity index (χ3v) is 7.80. The van der Waals surface area contributed by atoms with Gasteiger partial charge >= 0.3 is 0 Å². The summed E-state index contributed by atoms with van der Waals surface area (Å²) in [4.78, 5) is 13.0. The zero-order valence-corrected chi connectivity index (χ0v) is 22.0. The molecule has 1 amide bonds. The molecule has 2 N–H and O–H groups in total. The van der Waals surface area contributed by atoms with E-state index >= 15 is 0 Å². The molecule has 0 heterocycles. The van der Waals surface area contributed by atoms with Crippen LogP contribution in [-0.2, 0) is 24.8 Å². The normalized spacial score (nSPS) is 12.8. The van der Waals surface area contributed by atoms with E-state index in [2.05, 4.69) is 10.0 Å². The van der Waals surface area contributed by atoms with Crippen LogP contribution in [0.25, 0.3) is 0 Å². The molecular formula is C21H28ClN3O7S2. The molecule has 1 atom stereocenters. The summed E-state index contributed by atoms with van der Waals surface area (Å²) >= 11 is 6.15. The first-order chi connectivity index (χ1) is 15.7. The maximum Gasteiger partial charge on any atom is 0.248 e. The molecule has 0 aliphatic rings. The lowest BCUT2D eigenvalue weighted by atomic mass is 10.2. The highest BCUT2D eigenvalue weighted by molar-refractivity contribution is 7.92. The highest BCUT2D eigenvalue weighted by Crippen LogP contribution is 2.32. The first kappa shape index (κ1) is 27.7. The van der Waals surface area contributed by atoms with E-state index in [1.54, 1.807) is 13.8 Å². The average molecular weight is 534 g/mol. The topological polar surface area (TPSA) is 131 Å². The van der Waals surface area contributed by atoms with Crippen molar-refractivity contribution in [1.29, 1.82) is 0 Å². The highest BCUT2D eigenvalue weighted by atomic mass is 35.5. The summed E-state index contributed by atoms with van der Waals surface area (Å²) in [5.74, 6) is -0.182. The Kier molecular flexibility index (Phi) is 8.81. The van der Waals surface area contributed by atoms with Crippen LogP contribution in [-0.4, -0.2) is 55.3 Å². The Morgan fingerprint density at radius 2 is 1.56 bits per heavy atom. The van der Waals surface area contributed by atoms with Gasteiger partial charge in [0, 0.05) is 6.04 Å². The maximum absolute atomic E-state index is 13.1. The monoisotopic (exact) mass is 533 g/mol. The summed E-state index contributed by atoms with van der Waals surface area (Å²) in [5.41, 5.74) is 0.215. The van der Waals surface area contributed by atoms with E-state index < -0.39 is 32.0 Å². The van der Waals surface area contributed by atoms with Gasteiger partial charge in [-0.25, -0.2) is 21.6 Å². The van der Waals surface area contributed by atoms with Crippen LogP contribution in [0.4, 0.5) is 11.4 Å². The van der Waals surface area contributed by atoms with E-state index in [-0.39, 0.29) is 33.1 Å². The van der Waals surface area contributed by atoms with Gasteiger partial charge in [0.05, 0.1) is 41.8 Å². The number of hydrogen-bond acceptors (Lipinski definition) is 7. The van der Waals surface area contributed by atoms with Gasteiger partial charge in [-0.1, -0.05) is 11.6 Å². The van der Waals surface area contributed by atoms with Gasteiger partial charge in [0.1, 0.15) is 17.5 Å². The summed E-state index contributed by atoms with van der Waals surface area (Å²) in [6, 6.07) is 6.72. The number of anilines is 2. The van der Waals surface area contributed by atoms with Crippen molar-refractivity contribution in [3.05, 3.63) is 41.4 Å². The highest BCUT2D eigenvalue weighted by Gasteiger charge is 2.30. The summed E-state index contributed by atoms with van der Waals surface area (Å²) in [5, 5.41) is 2.73. The van der Waals surface area contributed by atoms with E-state index in [4.69, 9.17) is 21.1 Å². The molecule has 0 aliphatic heterocycles. The fourth-order valence-corrected chi connectivity index (χ4v) is 5.86. The van der Waals surface area contributed by atoms with Crippen molar-refractivity contribution < 1.29 is 31.1 Å². The van der Waals surface area contributed by atoms with Crippen LogP contribution in [0.2, 0.25) is 5.02 Å². The summed E-state index contributed by atoms with van der Waals surface area (Å²) in [7, 11) is -4.98. The number of hydrogen-bond donors (Lipinski definition) is 2. The second-order valence-corrected chi connectivity index (χ2v) is 11.7. The Bertz CT molecular complexity index is 1270. The molecule has 0 radical (unpaired) electrons. The van der Waals surface area contributed by atoms with Gasteiger partial charge in [0.25, 0.3) is 0 Å². The number of methoxy groups -OCH3 is 2. The molecule has 2 rings (SSSR count). The number of carbonyl (C=O) groups excluding carboxylic acids is 1. The largest absolute Gasteiger partial charge is 0.495 e. The molecule has 2 aromatic rings. The van der Waals surface area contributed by atoms with Crippen molar-refractivity contribution >= 4 is 48.9 Å². The molecule has 0 spiro atoms. The molecule has 34 heavy (non-hydrogen) atoms. The van der Waals surface area contributed by atoms with Crippen molar-refractivity contribution in [3.63, 3.8) is 0 Å². The lowest BCUT2D eigenvalue weighted by Gasteiger charge is -2.28. The fraction of sp³-hybridized carbons (Fsp3) is 0.381. The predicted octanol–water partition coefficient (Wildman–Crippen LogP) is 2.84. The van der Waals surface area contributed by atoms with Gasteiger partial charge in [-0.15, -0.1) is 0 Å². The van der Waals surface area contributed by atoms with Gasteiger partial charge < -0.3 is 14.8 Å². The molecule has 2 aromatic carbocycles. The second-order valence-electron chi connectivity index (χ2n) is 7.68. The summed E-state index contributed by atoms with van der Waals surface area (Å²) in [6.45, 7) is 4.75. The Balaban J connectivity index is 2.44. The zero-order chi connectivity index (χ0) is 25.8. The minimum absolute atomic E-state index is 0.0622. The molecule has 188 valence electrons. The van der Waals surface area contributed by atoms with Crippen molar-refractivity contribution in [2.75, 3.05) is 30.1 Å². The summed E-state index contributed by atoms with van der Waals surface area (Å²) in [6.07, 6.45) is 0.959. The Morgan fingerprint density at radius 1 is 0.971 bits per heavy atom. The third-order valence-electron chi connectivity index (χ3n) is 4.61. The lowest BCUT2D eigenvalue weighted by Crippen LogP contribution is -2.45. The van der Waals surface area contributed by atoms with Crippen LogP contribution in [0, 0.1) is 0 Å². The smallest absolute Gasteiger partial charge is 0.248 e. The van der Waals surface area contributed by atoms with Crippen LogP contribution in [0.1, 0.15) is 20.8 Å². The van der Waals surface area contributed by atoms with E-state index in [1.165, 1.54) is 57.5 Å². The minimum atomic E-state index is -3.92. The van der Waals surface area contributed by atoms with Crippen molar-refractivity contribution in [2.24, 2.45) is 0 Å². The van der Waals surface area contributed by atoms with Crippen LogP contribution >= 0.6 is 11.6 Å². The number of rotatable bonds is 10. The zero-order valence-electron chi connectivity index (χ0n) is 19.6. The molecule has 10 nitrogen and oxygen atoms in total. The predicted molar refractivity (Wildman–Crippen MR) is 132 cm³/mol. The number of carbonyl (C=O) groups is 1. The third kappa shape index (κ3) is 6.53. The van der Waals surface area contributed by atoms with Gasteiger partial charge in [0.2, 0.25) is 26.0 Å². The maximum atomic E-state index is 13.1. The Labute approximate surface area is 205 Å². The standard InChI is InChI=1S/C21H28ClN3O7S2/c1-13(2)24-34(29,30)16-8-10-20(32-5)18(12-16)23-21(26)14(3)25(33(6,27)28)15-7-9-19(31-4)17(22)11-15/h7-14,24H,1-6H3,(H,23,26). The number of amides is 1. The van der Waals surface area contributed by atoms with E-state index in [0.29, 0.717) is 5.75 Å². The number of ether oxygens (including phenoxy) is 2. The number of benzene rings is 2. The molecule has 0 fully saturated rings. The molecule has 0 bridgehead atoms. The molecular weight excluding hydrogens is 506 g/mol. The van der Waals surface area contributed by atoms with Crippen molar-refractivity contribution in [2.45, 2.75) is 37.8 Å². The fourth-order valence-electron chi connectivity index (χ4n) is 3.17. The minimum Gasteiger partial charge on any atom is -0.495 e. The van der Waals surface area contributed by atoms with Crippen molar-refractivity contribution in [1.82, 2.24) is 4.72 Å². The number of nitrogens with one attached hydrogen (secondary N) is 2. The van der Waals surface area contributed by atoms with Gasteiger partial charge in [0.15, 0.2) is 0 Å². The van der Waals surface area contributed by atoms with Gasteiger partial charge in [-0.05, 0) is 57.2 Å². The Hall–Kier alpha value is -2.54. The molecule has 13 heteroatoms. The molecule has 0 saturated carbocycles. The molecule has 1 unspecified atom stereocenters. The quantitative estimate of drug-likeness (QED) is 0.480. The molecule has 0 saturated heterocycles. The summed E-state index contributed by atoms with van der Waals surface area (Å²) < 4.78 is 63.9. The number of halogens is 1. The van der Waals surface area contributed by atoms with Gasteiger partial charge in [-0.2, -0.15) is 0 Å². The number of sulfonamides is 2. The van der Waals surface area contributed by atoms with Crippen LogP contribution in [0.3, 0.4) is 0 Å². The first-order valence-corrected chi connectivity index (χ1v) is 13.8. The van der Waals surface area contributed by atoms with Crippen LogP contribution in [0.15, 0.2) is 41.3 Å². The Morgan fingerprint density at radius 3 is 2.06 bits per heavy atom. The molecule has 0 aliphatic carbocycles. The van der Waals surface area contributed by atoms with Crippen LogP contribution in [0.5, 0.6) is 11.5 Å². The SMILES string of the molecule is COc1ccc(N(C(C)C(=O)Nc2cc(S(=O)(=O)NC(C)C)ccc2OC)S(C)(=O)=O)cc1Cl. The van der Waals surface area contributed by atoms with Gasteiger partial charge in [-0.3, -0.25) is 9.10 Å². The average Bonchev–Trinajstić information content (AvgIpc) is 2.72. The lowest BCUT2D eigenvalue weighted by molar-refractivity contribution is -0.116. The van der Waals surface area contributed by atoms with Crippen LogP contribution < -0.4 is 23.8 Å².